The van der Waals surface area contributed by atoms with E-state index in [1.807, 2.05) is 18.2 Å². The monoisotopic (exact) mass is 269 g/mol. The Morgan fingerprint density at radius 2 is 1.89 bits per heavy atom. The van der Waals surface area contributed by atoms with Gasteiger partial charge in [0.2, 0.25) is 0 Å². The molecule has 3 rings (SSSR count). The Kier molecular flexibility index (Phi) is 2.87. The fourth-order valence-electron chi connectivity index (χ4n) is 2.12. The Morgan fingerprint density at radius 1 is 1.11 bits per heavy atom. The van der Waals surface area contributed by atoms with Gasteiger partial charge in [0, 0.05) is 21.8 Å². The van der Waals surface area contributed by atoms with E-state index in [1.165, 1.54) is 23.9 Å². The van der Waals surface area contributed by atoms with Gasteiger partial charge in [0.15, 0.2) is 5.78 Å². The lowest BCUT2D eigenvalue weighted by molar-refractivity contribution is -0.255. The summed E-state index contributed by atoms with van der Waals surface area (Å²) in [7, 11) is 0. The van der Waals surface area contributed by atoms with Crippen LogP contribution in [0.15, 0.2) is 52.3 Å². The Balaban J connectivity index is 2.12. The Morgan fingerprint density at radius 3 is 2.68 bits per heavy atom. The zero-order valence-electron chi connectivity index (χ0n) is 9.88. The number of carbonyl (C=O) groups excluding carboxylic acids is 2. The van der Waals surface area contributed by atoms with Gasteiger partial charge in [0.1, 0.15) is 0 Å². The number of hydrogen-bond donors (Lipinski definition) is 0. The Bertz CT molecular complexity index is 692. The molecule has 2 aromatic rings. The van der Waals surface area contributed by atoms with Gasteiger partial charge in [0.25, 0.3) is 0 Å². The van der Waals surface area contributed by atoms with E-state index in [9.17, 15) is 14.7 Å². The fourth-order valence-corrected chi connectivity index (χ4v) is 3.19. The van der Waals surface area contributed by atoms with Crippen LogP contribution in [0.5, 0.6) is 0 Å². The van der Waals surface area contributed by atoms with Crippen LogP contribution in [-0.2, 0) is 6.42 Å². The molecule has 4 heteroatoms. The van der Waals surface area contributed by atoms with E-state index in [0.29, 0.717) is 5.56 Å². The molecule has 0 aromatic heterocycles. The molecule has 0 N–H and O–H groups in total. The summed E-state index contributed by atoms with van der Waals surface area (Å²) in [5.41, 5.74) is 1.55. The van der Waals surface area contributed by atoms with Gasteiger partial charge in [-0.05, 0) is 29.3 Å². The number of carboxylic acids is 1. The third kappa shape index (κ3) is 2.15. The topological polar surface area (TPSA) is 57.2 Å². The highest BCUT2D eigenvalue weighted by Gasteiger charge is 2.20. The molecule has 0 radical (unpaired) electrons. The predicted octanol–water partition coefficient (Wildman–Crippen LogP) is 1.94. The molecule has 19 heavy (non-hydrogen) atoms. The second kappa shape index (κ2) is 4.55. The van der Waals surface area contributed by atoms with Gasteiger partial charge >= 0.3 is 0 Å². The molecule has 3 nitrogen and oxygen atoms in total. The molecular formula is C15H9O3S-. The molecule has 0 atom stereocenters. The maximum absolute atomic E-state index is 12.2. The van der Waals surface area contributed by atoms with Gasteiger partial charge in [-0.2, -0.15) is 0 Å². The number of hydrogen-bond acceptors (Lipinski definition) is 4. The van der Waals surface area contributed by atoms with Crippen molar-refractivity contribution in [3.8, 4) is 0 Å². The molecule has 1 aliphatic heterocycles. The second-order valence-electron chi connectivity index (χ2n) is 4.31. The molecule has 1 heterocycles. The van der Waals surface area contributed by atoms with E-state index in [4.69, 9.17) is 0 Å². The molecule has 0 unspecified atom stereocenters. The van der Waals surface area contributed by atoms with Crippen LogP contribution in [0.3, 0.4) is 0 Å². The van der Waals surface area contributed by atoms with Crippen molar-refractivity contribution in [1.82, 2.24) is 0 Å². The van der Waals surface area contributed by atoms with E-state index >= 15 is 0 Å². The third-order valence-corrected chi connectivity index (χ3v) is 4.25. The largest absolute Gasteiger partial charge is 0.545 e. The summed E-state index contributed by atoms with van der Waals surface area (Å²) in [6.07, 6.45) is 0.223. The molecule has 1 aliphatic rings. The summed E-state index contributed by atoms with van der Waals surface area (Å²) in [4.78, 5) is 24.9. The van der Waals surface area contributed by atoms with Crippen LogP contribution in [0.2, 0.25) is 0 Å². The van der Waals surface area contributed by atoms with E-state index < -0.39 is 5.97 Å². The summed E-state index contributed by atoms with van der Waals surface area (Å²) in [5, 5.41) is 10.9. The fraction of sp³-hybridized carbons (Fsp3) is 0.0667. The lowest BCUT2D eigenvalue weighted by Crippen LogP contribution is -2.22. The summed E-state index contributed by atoms with van der Waals surface area (Å²) < 4.78 is 0. The first kappa shape index (κ1) is 12.0. The molecule has 0 spiro atoms. The molecule has 0 saturated carbocycles. The van der Waals surface area contributed by atoms with Crippen LogP contribution in [0.25, 0.3) is 0 Å². The highest BCUT2D eigenvalue weighted by Crippen LogP contribution is 2.37. The maximum Gasteiger partial charge on any atom is 0.168 e. The first-order valence-electron chi connectivity index (χ1n) is 5.79. The number of rotatable bonds is 1. The minimum absolute atomic E-state index is 0.0114. The number of Topliss-reactive ketones (excluding diaryl/α,β-unsaturated/α-hetero) is 1. The average Bonchev–Trinajstić information content (AvgIpc) is 2.54. The lowest BCUT2D eigenvalue weighted by Gasteiger charge is -2.08. The maximum atomic E-state index is 12.2. The van der Waals surface area contributed by atoms with Gasteiger partial charge < -0.3 is 9.90 Å². The quantitative estimate of drug-likeness (QED) is 0.794. The number of fused-ring (bicyclic) bond motifs is 2. The van der Waals surface area contributed by atoms with Crippen LogP contribution in [0.4, 0.5) is 0 Å². The van der Waals surface area contributed by atoms with Crippen molar-refractivity contribution in [2.45, 2.75) is 16.2 Å². The summed E-state index contributed by atoms with van der Waals surface area (Å²) >= 11 is 1.49. The van der Waals surface area contributed by atoms with Crippen LogP contribution < -0.4 is 5.11 Å². The van der Waals surface area contributed by atoms with Crippen molar-refractivity contribution < 1.29 is 14.7 Å². The SMILES string of the molecule is O=C([O-])c1ccc2c(c1)CC(=O)c1ccccc1S2. The normalized spacial score (nSPS) is 13.4. The number of ketones is 1. The van der Waals surface area contributed by atoms with Crippen LogP contribution in [0.1, 0.15) is 26.3 Å². The molecule has 0 amide bonds. The molecule has 94 valence electrons. The van der Waals surface area contributed by atoms with Crippen molar-refractivity contribution in [2.75, 3.05) is 0 Å². The summed E-state index contributed by atoms with van der Waals surface area (Å²) in [5.74, 6) is -1.21. The zero-order chi connectivity index (χ0) is 13.4. The minimum atomic E-state index is -1.22. The summed E-state index contributed by atoms with van der Waals surface area (Å²) in [6.45, 7) is 0. The first-order chi connectivity index (χ1) is 9.15. The van der Waals surface area contributed by atoms with Crippen LogP contribution >= 0.6 is 11.8 Å². The van der Waals surface area contributed by atoms with Crippen molar-refractivity contribution in [3.63, 3.8) is 0 Å². The van der Waals surface area contributed by atoms with Gasteiger partial charge in [-0.15, -0.1) is 0 Å². The van der Waals surface area contributed by atoms with Gasteiger partial charge in [-0.1, -0.05) is 36.0 Å². The van der Waals surface area contributed by atoms with Crippen LogP contribution in [0, 0.1) is 0 Å². The van der Waals surface area contributed by atoms with Gasteiger partial charge in [0.05, 0.1) is 5.97 Å². The van der Waals surface area contributed by atoms with Crippen molar-refractivity contribution in [1.29, 1.82) is 0 Å². The predicted molar refractivity (Wildman–Crippen MR) is 69.4 cm³/mol. The smallest absolute Gasteiger partial charge is 0.168 e. The Labute approximate surface area is 114 Å². The molecular weight excluding hydrogens is 260 g/mol. The minimum Gasteiger partial charge on any atom is -0.545 e. The van der Waals surface area contributed by atoms with Crippen molar-refractivity contribution in [3.05, 3.63) is 59.2 Å². The lowest BCUT2D eigenvalue weighted by atomic mass is 10.0. The number of carboxylic acid groups (broad SMARTS) is 1. The van der Waals surface area contributed by atoms with E-state index in [-0.39, 0.29) is 17.8 Å². The molecule has 2 aromatic carbocycles. The van der Waals surface area contributed by atoms with E-state index in [1.54, 1.807) is 12.1 Å². The molecule has 0 bridgehead atoms. The summed E-state index contributed by atoms with van der Waals surface area (Å²) in [6, 6.07) is 12.2. The van der Waals surface area contributed by atoms with E-state index in [0.717, 1.165) is 15.4 Å². The Hall–Kier alpha value is -2.07. The molecule has 0 aliphatic carbocycles. The third-order valence-electron chi connectivity index (χ3n) is 3.05. The highest BCUT2D eigenvalue weighted by atomic mass is 32.2. The molecule has 0 fully saturated rings. The van der Waals surface area contributed by atoms with E-state index in [2.05, 4.69) is 0 Å². The van der Waals surface area contributed by atoms with Gasteiger partial charge in [-0.3, -0.25) is 4.79 Å². The zero-order valence-corrected chi connectivity index (χ0v) is 10.7. The van der Waals surface area contributed by atoms with Crippen molar-refractivity contribution in [2.24, 2.45) is 0 Å². The highest BCUT2D eigenvalue weighted by molar-refractivity contribution is 7.99. The first-order valence-corrected chi connectivity index (χ1v) is 6.61. The number of aromatic carboxylic acids is 1. The number of benzene rings is 2. The number of carbonyl (C=O) groups is 2. The molecule has 0 saturated heterocycles. The standard InChI is InChI=1S/C15H10O3S/c16-12-8-10-7-9(15(17)18)5-6-13(10)19-14-4-2-1-3-11(12)14/h1-7H,8H2,(H,17,18)/p-1. The second-order valence-corrected chi connectivity index (χ2v) is 5.39. The van der Waals surface area contributed by atoms with Crippen molar-refractivity contribution >= 4 is 23.5 Å². The average molecular weight is 269 g/mol. The van der Waals surface area contributed by atoms with Crippen LogP contribution in [-0.4, -0.2) is 11.8 Å². The van der Waals surface area contributed by atoms with Gasteiger partial charge in [-0.25, -0.2) is 0 Å².